The quantitative estimate of drug-likeness (QED) is 0.470. The number of carbonyl (C=O) groups excluding carboxylic acids is 1. The van der Waals surface area contributed by atoms with Gasteiger partial charge in [-0.2, -0.15) is 0 Å². The Kier molecular flexibility index (Phi) is 3.26. The lowest BCUT2D eigenvalue weighted by Gasteiger charge is -2.10. The summed E-state index contributed by atoms with van der Waals surface area (Å²) >= 11 is 6.39. The molecule has 0 aliphatic carbocycles. The number of hydrogen-bond donors (Lipinski definition) is 0. The molecular formula is C11H9NO2S2. The van der Waals surface area contributed by atoms with E-state index in [9.17, 15) is 4.79 Å². The summed E-state index contributed by atoms with van der Waals surface area (Å²) in [4.78, 5) is 14.0. The van der Waals surface area contributed by atoms with Crippen LogP contribution in [0.1, 0.15) is 5.76 Å². The first-order valence-electron chi connectivity index (χ1n) is 4.62. The van der Waals surface area contributed by atoms with E-state index < -0.39 is 0 Å². The van der Waals surface area contributed by atoms with Crippen LogP contribution in [-0.4, -0.2) is 21.7 Å². The maximum atomic E-state index is 11.9. The minimum atomic E-state index is -0.0914. The van der Waals surface area contributed by atoms with Crippen molar-refractivity contribution in [3.05, 3.63) is 41.7 Å². The number of thioether (sulfide) groups is 1. The lowest BCUT2D eigenvalue weighted by molar-refractivity contribution is -0.121. The van der Waals surface area contributed by atoms with Crippen molar-refractivity contribution < 1.29 is 9.21 Å². The predicted molar refractivity (Wildman–Crippen MR) is 68.8 cm³/mol. The molecule has 1 aromatic rings. The molecule has 1 aliphatic rings. The Labute approximate surface area is 103 Å². The van der Waals surface area contributed by atoms with Crippen LogP contribution in [-0.2, 0) is 4.79 Å². The highest BCUT2D eigenvalue weighted by Crippen LogP contribution is 2.32. The Bertz CT molecular complexity index is 462. The molecule has 0 unspecified atom stereocenters. The Morgan fingerprint density at radius 3 is 3.06 bits per heavy atom. The van der Waals surface area contributed by atoms with E-state index in [2.05, 4.69) is 6.58 Å². The first-order chi connectivity index (χ1) is 7.72. The second kappa shape index (κ2) is 4.67. The molecule has 16 heavy (non-hydrogen) atoms. The average Bonchev–Trinajstić information content (AvgIpc) is 2.84. The van der Waals surface area contributed by atoms with Crippen molar-refractivity contribution in [1.29, 1.82) is 0 Å². The van der Waals surface area contributed by atoms with E-state index >= 15 is 0 Å². The Morgan fingerprint density at radius 2 is 2.44 bits per heavy atom. The van der Waals surface area contributed by atoms with Gasteiger partial charge in [0.15, 0.2) is 0 Å². The summed E-state index contributed by atoms with van der Waals surface area (Å²) in [7, 11) is 0. The SMILES string of the molecule is C=CCN1C(=O)/C(=C\c2ccco2)SC1=S. The van der Waals surface area contributed by atoms with Gasteiger partial charge in [0, 0.05) is 12.6 Å². The molecule has 0 aromatic carbocycles. The zero-order valence-electron chi connectivity index (χ0n) is 8.38. The summed E-state index contributed by atoms with van der Waals surface area (Å²) in [5, 5.41) is 0. The van der Waals surface area contributed by atoms with E-state index in [1.54, 1.807) is 30.5 Å². The molecule has 2 heterocycles. The fourth-order valence-electron chi connectivity index (χ4n) is 1.29. The number of nitrogens with zero attached hydrogens (tertiary/aromatic N) is 1. The van der Waals surface area contributed by atoms with E-state index in [-0.39, 0.29) is 5.91 Å². The Hall–Kier alpha value is -1.33. The Morgan fingerprint density at radius 1 is 1.62 bits per heavy atom. The minimum Gasteiger partial charge on any atom is -0.465 e. The second-order valence-corrected chi connectivity index (χ2v) is 4.77. The van der Waals surface area contributed by atoms with E-state index in [0.29, 0.717) is 21.5 Å². The summed E-state index contributed by atoms with van der Waals surface area (Å²) in [6.45, 7) is 4.04. The molecule has 0 radical (unpaired) electrons. The summed E-state index contributed by atoms with van der Waals surface area (Å²) in [5.41, 5.74) is 0. The van der Waals surface area contributed by atoms with Gasteiger partial charge in [0.2, 0.25) is 0 Å². The second-order valence-electron chi connectivity index (χ2n) is 3.10. The summed E-state index contributed by atoms with van der Waals surface area (Å²) in [5.74, 6) is 0.561. The molecule has 0 spiro atoms. The molecule has 1 aliphatic heterocycles. The molecule has 1 amide bonds. The Balaban J connectivity index is 2.23. The third kappa shape index (κ3) is 2.10. The predicted octanol–water partition coefficient (Wildman–Crippen LogP) is 2.67. The van der Waals surface area contributed by atoms with Crippen LogP contribution in [0.3, 0.4) is 0 Å². The van der Waals surface area contributed by atoms with Gasteiger partial charge in [-0.25, -0.2) is 0 Å². The molecule has 1 aromatic heterocycles. The maximum Gasteiger partial charge on any atom is 0.266 e. The maximum absolute atomic E-state index is 11.9. The highest BCUT2D eigenvalue weighted by atomic mass is 32.2. The largest absolute Gasteiger partial charge is 0.465 e. The molecule has 0 saturated carbocycles. The zero-order valence-corrected chi connectivity index (χ0v) is 10.0. The summed E-state index contributed by atoms with van der Waals surface area (Å²) in [6.07, 6.45) is 4.92. The molecule has 0 bridgehead atoms. The van der Waals surface area contributed by atoms with Crippen LogP contribution in [0.2, 0.25) is 0 Å². The van der Waals surface area contributed by atoms with Gasteiger partial charge >= 0.3 is 0 Å². The van der Waals surface area contributed by atoms with E-state index in [1.807, 2.05) is 0 Å². The van der Waals surface area contributed by atoms with Gasteiger partial charge in [0.1, 0.15) is 10.1 Å². The van der Waals surface area contributed by atoms with Crippen molar-refractivity contribution in [1.82, 2.24) is 4.90 Å². The lowest BCUT2D eigenvalue weighted by Crippen LogP contribution is -2.27. The van der Waals surface area contributed by atoms with Gasteiger partial charge in [-0.3, -0.25) is 9.69 Å². The topological polar surface area (TPSA) is 33.5 Å². The third-order valence-electron chi connectivity index (χ3n) is 2.00. The molecule has 1 saturated heterocycles. The van der Waals surface area contributed by atoms with Crippen LogP contribution in [0.4, 0.5) is 0 Å². The smallest absolute Gasteiger partial charge is 0.266 e. The van der Waals surface area contributed by atoms with E-state index in [4.69, 9.17) is 16.6 Å². The van der Waals surface area contributed by atoms with Crippen LogP contribution < -0.4 is 0 Å². The first-order valence-corrected chi connectivity index (χ1v) is 5.84. The molecule has 0 atom stereocenters. The van der Waals surface area contributed by atoms with Gasteiger partial charge < -0.3 is 4.42 Å². The molecule has 1 fully saturated rings. The number of amides is 1. The van der Waals surface area contributed by atoms with Crippen molar-refractivity contribution in [2.45, 2.75) is 0 Å². The molecule has 5 heteroatoms. The standard InChI is InChI=1S/C11H9NO2S2/c1-2-5-12-10(13)9(16-11(12)15)7-8-4-3-6-14-8/h2-4,6-7H,1,5H2/b9-7+. The highest BCUT2D eigenvalue weighted by molar-refractivity contribution is 8.26. The minimum absolute atomic E-state index is 0.0914. The average molecular weight is 251 g/mol. The molecule has 2 rings (SSSR count). The summed E-state index contributed by atoms with van der Waals surface area (Å²) in [6, 6.07) is 3.57. The number of thiocarbonyl (C=S) groups is 1. The number of carbonyl (C=O) groups is 1. The molecule has 82 valence electrons. The highest BCUT2D eigenvalue weighted by Gasteiger charge is 2.31. The third-order valence-corrected chi connectivity index (χ3v) is 3.38. The van der Waals surface area contributed by atoms with Gasteiger partial charge in [-0.05, 0) is 12.1 Å². The van der Waals surface area contributed by atoms with Crippen molar-refractivity contribution in [2.24, 2.45) is 0 Å². The number of hydrogen-bond acceptors (Lipinski definition) is 4. The van der Waals surface area contributed by atoms with Crippen LogP contribution in [0, 0.1) is 0 Å². The zero-order chi connectivity index (χ0) is 11.5. The number of furan rings is 1. The van der Waals surface area contributed by atoms with Crippen LogP contribution in [0.5, 0.6) is 0 Å². The van der Waals surface area contributed by atoms with Crippen LogP contribution >= 0.6 is 24.0 Å². The van der Waals surface area contributed by atoms with Gasteiger partial charge in [0.25, 0.3) is 5.91 Å². The van der Waals surface area contributed by atoms with Gasteiger partial charge in [-0.15, -0.1) is 6.58 Å². The fourth-order valence-corrected chi connectivity index (χ4v) is 2.54. The normalized spacial score (nSPS) is 18.5. The van der Waals surface area contributed by atoms with Crippen molar-refractivity contribution in [2.75, 3.05) is 6.54 Å². The van der Waals surface area contributed by atoms with E-state index in [0.717, 1.165) is 0 Å². The lowest BCUT2D eigenvalue weighted by atomic mass is 10.3. The van der Waals surface area contributed by atoms with E-state index in [1.165, 1.54) is 16.7 Å². The monoisotopic (exact) mass is 251 g/mol. The fraction of sp³-hybridized carbons (Fsp3) is 0.0909. The van der Waals surface area contributed by atoms with Crippen molar-refractivity contribution >= 4 is 40.3 Å². The van der Waals surface area contributed by atoms with Gasteiger partial charge in [0.05, 0.1) is 11.2 Å². The summed E-state index contributed by atoms with van der Waals surface area (Å²) < 4.78 is 5.71. The molecule has 0 N–H and O–H groups in total. The van der Waals surface area contributed by atoms with Crippen molar-refractivity contribution in [3.8, 4) is 0 Å². The first kappa shape index (κ1) is 11.2. The van der Waals surface area contributed by atoms with Crippen LogP contribution in [0.15, 0.2) is 40.4 Å². The molecule has 3 nitrogen and oxygen atoms in total. The van der Waals surface area contributed by atoms with Gasteiger partial charge in [-0.1, -0.05) is 30.1 Å². The van der Waals surface area contributed by atoms with Crippen LogP contribution in [0.25, 0.3) is 6.08 Å². The van der Waals surface area contributed by atoms with Crippen molar-refractivity contribution in [3.63, 3.8) is 0 Å². The number of rotatable bonds is 3. The molecular weight excluding hydrogens is 242 g/mol.